The molecule has 0 bridgehead atoms. The van der Waals surface area contributed by atoms with Crippen molar-refractivity contribution in [2.45, 2.75) is 19.4 Å². The van der Waals surface area contributed by atoms with Crippen LogP contribution in [0.2, 0.25) is 0 Å². The molecule has 2 aliphatic heterocycles. The summed E-state index contributed by atoms with van der Waals surface area (Å²) in [6.45, 7) is 4.49. The van der Waals surface area contributed by atoms with Gasteiger partial charge >= 0.3 is 0 Å². The van der Waals surface area contributed by atoms with E-state index in [1.165, 1.54) is 0 Å². The molecular formula is C14H18N2O3. The second kappa shape index (κ2) is 4.99. The van der Waals surface area contributed by atoms with Crippen LogP contribution in [-0.2, 0) is 4.79 Å². The Bertz CT molecular complexity index is 490. The van der Waals surface area contributed by atoms with Crippen LogP contribution in [0.1, 0.15) is 13.3 Å². The monoisotopic (exact) mass is 262 g/mol. The summed E-state index contributed by atoms with van der Waals surface area (Å²) in [5.41, 5.74) is 1.06. The molecule has 0 spiro atoms. The standard InChI is InChI=1S/C14H18N2O3/c1-10(17)15-11-5-6-16(9-11)12-3-2-4-13-14(12)19-8-7-18-13/h2-4,11H,5-9H2,1H3,(H,15,17)/t11-/m0/s1. The van der Waals surface area contributed by atoms with Crippen molar-refractivity contribution in [3.63, 3.8) is 0 Å². The zero-order chi connectivity index (χ0) is 13.2. The van der Waals surface area contributed by atoms with Gasteiger partial charge in [0.05, 0.1) is 5.69 Å². The minimum absolute atomic E-state index is 0.0292. The lowest BCUT2D eigenvalue weighted by molar-refractivity contribution is -0.119. The molecular weight excluding hydrogens is 244 g/mol. The zero-order valence-corrected chi connectivity index (χ0v) is 11.0. The molecule has 5 heteroatoms. The first-order chi connectivity index (χ1) is 9.24. The van der Waals surface area contributed by atoms with E-state index in [-0.39, 0.29) is 11.9 Å². The number of ether oxygens (including phenoxy) is 2. The number of amides is 1. The van der Waals surface area contributed by atoms with Crippen LogP contribution in [0, 0.1) is 0 Å². The fourth-order valence-corrected chi connectivity index (χ4v) is 2.69. The molecule has 0 saturated carbocycles. The number of benzene rings is 1. The van der Waals surface area contributed by atoms with Crippen molar-refractivity contribution in [1.29, 1.82) is 0 Å². The normalized spacial score (nSPS) is 21.3. The minimum atomic E-state index is 0.0292. The van der Waals surface area contributed by atoms with Gasteiger partial charge in [0.25, 0.3) is 0 Å². The van der Waals surface area contributed by atoms with E-state index in [0.717, 1.165) is 36.7 Å². The van der Waals surface area contributed by atoms with Crippen LogP contribution in [0.3, 0.4) is 0 Å². The van der Waals surface area contributed by atoms with Crippen LogP contribution in [0.15, 0.2) is 18.2 Å². The van der Waals surface area contributed by atoms with E-state index < -0.39 is 0 Å². The summed E-state index contributed by atoms with van der Waals surface area (Å²) >= 11 is 0. The topological polar surface area (TPSA) is 50.8 Å². The van der Waals surface area contributed by atoms with E-state index in [1.807, 2.05) is 18.2 Å². The average Bonchev–Trinajstić information content (AvgIpc) is 2.85. The van der Waals surface area contributed by atoms with E-state index in [4.69, 9.17) is 9.47 Å². The third-order valence-corrected chi connectivity index (χ3v) is 3.48. The summed E-state index contributed by atoms with van der Waals surface area (Å²) in [5, 5.41) is 2.97. The number of hydrogen-bond donors (Lipinski definition) is 1. The molecule has 1 aromatic carbocycles. The molecule has 0 aliphatic carbocycles. The quantitative estimate of drug-likeness (QED) is 0.869. The van der Waals surface area contributed by atoms with Crippen molar-refractivity contribution in [2.24, 2.45) is 0 Å². The summed E-state index contributed by atoms with van der Waals surface area (Å²) in [7, 11) is 0. The molecule has 0 radical (unpaired) electrons. The number of rotatable bonds is 2. The smallest absolute Gasteiger partial charge is 0.217 e. The van der Waals surface area contributed by atoms with E-state index >= 15 is 0 Å². The summed E-state index contributed by atoms with van der Waals surface area (Å²) in [5.74, 6) is 1.67. The van der Waals surface area contributed by atoms with E-state index in [9.17, 15) is 4.79 Å². The van der Waals surface area contributed by atoms with Gasteiger partial charge in [0.1, 0.15) is 13.2 Å². The molecule has 1 N–H and O–H groups in total. The molecule has 0 unspecified atom stereocenters. The zero-order valence-electron chi connectivity index (χ0n) is 11.0. The molecule has 2 heterocycles. The second-order valence-corrected chi connectivity index (χ2v) is 4.93. The van der Waals surface area contributed by atoms with Crippen molar-refractivity contribution in [2.75, 3.05) is 31.2 Å². The van der Waals surface area contributed by atoms with Gasteiger partial charge in [0.15, 0.2) is 11.5 Å². The largest absolute Gasteiger partial charge is 0.486 e. The van der Waals surface area contributed by atoms with E-state index in [1.54, 1.807) is 6.92 Å². The van der Waals surface area contributed by atoms with Crippen LogP contribution in [0.25, 0.3) is 0 Å². The van der Waals surface area contributed by atoms with E-state index in [0.29, 0.717) is 13.2 Å². The Labute approximate surface area is 112 Å². The van der Waals surface area contributed by atoms with Crippen molar-refractivity contribution in [3.8, 4) is 11.5 Å². The first-order valence-electron chi connectivity index (χ1n) is 6.64. The van der Waals surface area contributed by atoms with Gasteiger partial charge < -0.3 is 19.7 Å². The van der Waals surface area contributed by atoms with Crippen LogP contribution < -0.4 is 19.7 Å². The minimum Gasteiger partial charge on any atom is -0.486 e. The van der Waals surface area contributed by atoms with Crippen LogP contribution in [-0.4, -0.2) is 38.3 Å². The average molecular weight is 262 g/mol. The number of nitrogens with one attached hydrogen (secondary N) is 1. The summed E-state index contributed by atoms with van der Waals surface area (Å²) in [6.07, 6.45) is 0.962. The van der Waals surface area contributed by atoms with Crippen molar-refractivity contribution in [1.82, 2.24) is 5.32 Å². The number of anilines is 1. The Balaban J connectivity index is 1.78. The van der Waals surface area contributed by atoms with Gasteiger partial charge in [-0.3, -0.25) is 4.79 Å². The molecule has 0 aromatic heterocycles. The first kappa shape index (κ1) is 12.1. The third-order valence-electron chi connectivity index (χ3n) is 3.48. The summed E-state index contributed by atoms with van der Waals surface area (Å²) < 4.78 is 11.3. The molecule has 1 aromatic rings. The molecule has 2 aliphatic rings. The van der Waals surface area contributed by atoms with Crippen LogP contribution in [0.5, 0.6) is 11.5 Å². The van der Waals surface area contributed by atoms with Crippen molar-refractivity contribution >= 4 is 11.6 Å². The lowest BCUT2D eigenvalue weighted by Crippen LogP contribution is -2.35. The number of carbonyl (C=O) groups is 1. The SMILES string of the molecule is CC(=O)N[C@H]1CCN(c2cccc3c2OCCO3)C1. The second-order valence-electron chi connectivity index (χ2n) is 4.93. The number of nitrogens with zero attached hydrogens (tertiary/aromatic N) is 1. The Morgan fingerprint density at radius 1 is 1.37 bits per heavy atom. The predicted molar refractivity (Wildman–Crippen MR) is 71.9 cm³/mol. The molecule has 3 rings (SSSR count). The maximum atomic E-state index is 11.1. The van der Waals surface area contributed by atoms with Gasteiger partial charge in [-0.25, -0.2) is 0 Å². The predicted octanol–water partition coefficient (Wildman–Crippen LogP) is 1.17. The van der Waals surface area contributed by atoms with Gasteiger partial charge in [-0.15, -0.1) is 0 Å². The Kier molecular flexibility index (Phi) is 3.19. The van der Waals surface area contributed by atoms with Gasteiger partial charge in [-0.1, -0.05) is 6.07 Å². The molecule has 1 saturated heterocycles. The third kappa shape index (κ3) is 2.45. The maximum absolute atomic E-state index is 11.1. The molecule has 5 nitrogen and oxygen atoms in total. The Hall–Kier alpha value is -1.91. The molecule has 1 amide bonds. The van der Waals surface area contributed by atoms with Gasteiger partial charge in [0.2, 0.25) is 5.91 Å². The fourth-order valence-electron chi connectivity index (χ4n) is 2.69. The molecule has 1 fully saturated rings. The summed E-state index contributed by atoms with van der Waals surface area (Å²) in [4.78, 5) is 13.3. The van der Waals surface area contributed by atoms with Crippen LogP contribution in [0.4, 0.5) is 5.69 Å². The van der Waals surface area contributed by atoms with Crippen LogP contribution >= 0.6 is 0 Å². The molecule has 102 valence electrons. The fraction of sp³-hybridized carbons (Fsp3) is 0.500. The van der Waals surface area contributed by atoms with Crippen molar-refractivity contribution in [3.05, 3.63) is 18.2 Å². The highest BCUT2D eigenvalue weighted by Gasteiger charge is 2.27. The highest BCUT2D eigenvalue weighted by Crippen LogP contribution is 2.40. The van der Waals surface area contributed by atoms with Gasteiger partial charge in [-0.05, 0) is 18.6 Å². The number of carbonyl (C=O) groups excluding carboxylic acids is 1. The summed E-state index contributed by atoms with van der Waals surface area (Å²) in [6, 6.07) is 6.18. The number of fused-ring (bicyclic) bond motifs is 1. The first-order valence-corrected chi connectivity index (χ1v) is 6.64. The Morgan fingerprint density at radius 2 is 2.21 bits per heavy atom. The number of hydrogen-bond acceptors (Lipinski definition) is 4. The van der Waals surface area contributed by atoms with Crippen molar-refractivity contribution < 1.29 is 14.3 Å². The highest BCUT2D eigenvalue weighted by molar-refractivity contribution is 5.73. The van der Waals surface area contributed by atoms with Gasteiger partial charge in [0, 0.05) is 26.1 Å². The molecule has 1 atom stereocenters. The molecule has 19 heavy (non-hydrogen) atoms. The highest BCUT2D eigenvalue weighted by atomic mass is 16.6. The lowest BCUT2D eigenvalue weighted by Gasteiger charge is -2.26. The maximum Gasteiger partial charge on any atom is 0.217 e. The Morgan fingerprint density at radius 3 is 3.05 bits per heavy atom. The van der Waals surface area contributed by atoms with E-state index in [2.05, 4.69) is 10.2 Å². The number of para-hydroxylation sites is 1. The van der Waals surface area contributed by atoms with Gasteiger partial charge in [-0.2, -0.15) is 0 Å². The lowest BCUT2D eigenvalue weighted by atomic mass is 10.2.